The van der Waals surface area contributed by atoms with Crippen molar-refractivity contribution in [1.82, 2.24) is 4.90 Å². The number of amides is 1. The number of hydrogen-bond acceptors (Lipinski definition) is 5. The van der Waals surface area contributed by atoms with Crippen LogP contribution in [-0.2, 0) is 4.79 Å². The zero-order valence-electron chi connectivity index (χ0n) is 12.0. The normalized spacial score (nSPS) is 10.3. The summed E-state index contributed by atoms with van der Waals surface area (Å²) in [5.41, 5.74) is 0.196. The van der Waals surface area contributed by atoms with Crippen LogP contribution >= 0.6 is 12.0 Å². The Labute approximate surface area is 127 Å². The topological polar surface area (TPSA) is 66.8 Å². The van der Waals surface area contributed by atoms with Crippen LogP contribution in [0.1, 0.15) is 30.6 Å². The second-order valence-corrected chi connectivity index (χ2v) is 4.98. The maximum atomic E-state index is 13.8. The van der Waals surface area contributed by atoms with Crippen molar-refractivity contribution in [2.75, 3.05) is 18.8 Å². The highest BCUT2D eigenvalue weighted by Gasteiger charge is 2.16. The lowest BCUT2D eigenvalue weighted by atomic mass is 10.1. The molecule has 21 heavy (non-hydrogen) atoms. The Morgan fingerprint density at radius 1 is 1.43 bits per heavy atom. The number of hydrogen-bond donors (Lipinski definition) is 1. The van der Waals surface area contributed by atoms with Gasteiger partial charge in [-0.15, -0.1) is 0 Å². The van der Waals surface area contributed by atoms with Gasteiger partial charge < -0.3 is 14.2 Å². The quantitative estimate of drug-likeness (QED) is 0.363. The SMILES string of the molecule is CCN(CCCSO)C(=O)c1ccc(OC(C)=O)c(F)c1. The molecule has 0 aliphatic rings. The van der Waals surface area contributed by atoms with E-state index in [2.05, 4.69) is 4.74 Å². The molecule has 1 rings (SSSR count). The Hall–Kier alpha value is -1.60. The van der Waals surface area contributed by atoms with Gasteiger partial charge in [0.05, 0.1) is 0 Å². The Morgan fingerprint density at radius 2 is 2.14 bits per heavy atom. The van der Waals surface area contributed by atoms with E-state index in [1.165, 1.54) is 19.1 Å². The third kappa shape index (κ3) is 5.35. The summed E-state index contributed by atoms with van der Waals surface area (Å²) in [6.07, 6.45) is 0.648. The summed E-state index contributed by atoms with van der Waals surface area (Å²) in [4.78, 5) is 24.6. The average molecular weight is 315 g/mol. The van der Waals surface area contributed by atoms with E-state index in [9.17, 15) is 14.0 Å². The molecule has 0 aliphatic carbocycles. The van der Waals surface area contributed by atoms with Gasteiger partial charge in [0.2, 0.25) is 0 Å². The molecule has 1 aromatic carbocycles. The molecule has 116 valence electrons. The molecule has 1 N–H and O–H groups in total. The van der Waals surface area contributed by atoms with Crippen LogP contribution in [0.2, 0.25) is 0 Å². The highest BCUT2D eigenvalue weighted by Crippen LogP contribution is 2.19. The van der Waals surface area contributed by atoms with Crippen LogP contribution < -0.4 is 4.74 Å². The summed E-state index contributed by atoms with van der Waals surface area (Å²) in [5, 5.41) is 0. The summed E-state index contributed by atoms with van der Waals surface area (Å²) in [6.45, 7) is 3.97. The fraction of sp³-hybridized carbons (Fsp3) is 0.429. The van der Waals surface area contributed by atoms with Crippen molar-refractivity contribution >= 4 is 23.9 Å². The average Bonchev–Trinajstić information content (AvgIpc) is 2.45. The highest BCUT2D eigenvalue weighted by molar-refractivity contribution is 7.93. The first kappa shape index (κ1) is 17.5. The lowest BCUT2D eigenvalue weighted by Crippen LogP contribution is -2.32. The minimum Gasteiger partial charge on any atom is -0.424 e. The van der Waals surface area contributed by atoms with Crippen molar-refractivity contribution in [3.63, 3.8) is 0 Å². The van der Waals surface area contributed by atoms with Gasteiger partial charge in [-0.3, -0.25) is 9.59 Å². The standard InChI is InChI=1S/C14H18FNO4S/c1-3-16(7-4-8-21-19)14(18)11-5-6-13(12(15)9-11)20-10(2)17/h5-6,9,19H,3-4,7-8H2,1-2H3. The largest absolute Gasteiger partial charge is 0.424 e. The molecule has 0 spiro atoms. The molecule has 0 fully saturated rings. The number of benzene rings is 1. The zero-order valence-corrected chi connectivity index (χ0v) is 12.8. The van der Waals surface area contributed by atoms with E-state index in [0.29, 0.717) is 25.3 Å². The first-order valence-electron chi connectivity index (χ1n) is 6.53. The van der Waals surface area contributed by atoms with Gasteiger partial charge in [-0.1, -0.05) is 0 Å². The van der Waals surface area contributed by atoms with E-state index in [1.807, 2.05) is 6.92 Å². The third-order valence-corrected chi connectivity index (χ3v) is 3.24. The summed E-state index contributed by atoms with van der Waals surface area (Å²) >= 11 is 0.725. The highest BCUT2D eigenvalue weighted by atomic mass is 32.2. The molecule has 0 aliphatic heterocycles. The molecule has 1 aromatic rings. The second-order valence-electron chi connectivity index (χ2n) is 4.31. The van der Waals surface area contributed by atoms with E-state index >= 15 is 0 Å². The molecular formula is C14H18FNO4S. The molecule has 0 saturated heterocycles. The Morgan fingerprint density at radius 3 is 2.67 bits per heavy atom. The first-order chi connectivity index (χ1) is 9.99. The van der Waals surface area contributed by atoms with Crippen molar-refractivity contribution in [1.29, 1.82) is 0 Å². The van der Waals surface area contributed by atoms with Gasteiger partial charge in [0.25, 0.3) is 5.91 Å². The number of carbonyl (C=O) groups is 2. The number of rotatable bonds is 7. The van der Waals surface area contributed by atoms with Crippen molar-refractivity contribution in [2.45, 2.75) is 20.3 Å². The summed E-state index contributed by atoms with van der Waals surface area (Å²) in [7, 11) is 0. The van der Waals surface area contributed by atoms with Crippen LogP contribution in [0, 0.1) is 5.82 Å². The summed E-state index contributed by atoms with van der Waals surface area (Å²) in [6, 6.07) is 3.75. The first-order valence-corrected chi connectivity index (χ1v) is 7.47. The smallest absolute Gasteiger partial charge is 0.308 e. The fourth-order valence-electron chi connectivity index (χ4n) is 1.78. The molecule has 0 heterocycles. The molecule has 0 radical (unpaired) electrons. The van der Waals surface area contributed by atoms with Gasteiger partial charge in [-0.2, -0.15) is 0 Å². The lowest BCUT2D eigenvalue weighted by Gasteiger charge is -2.20. The van der Waals surface area contributed by atoms with Crippen LogP contribution in [0.5, 0.6) is 5.75 Å². The van der Waals surface area contributed by atoms with Crippen LogP contribution in [0.3, 0.4) is 0 Å². The molecule has 0 unspecified atom stereocenters. The van der Waals surface area contributed by atoms with Gasteiger partial charge in [-0.25, -0.2) is 4.39 Å². The Bertz CT molecular complexity index is 510. The van der Waals surface area contributed by atoms with Crippen molar-refractivity contribution in [3.8, 4) is 5.75 Å². The van der Waals surface area contributed by atoms with Gasteiger partial charge in [0.1, 0.15) is 0 Å². The van der Waals surface area contributed by atoms with Crippen LogP contribution in [0.15, 0.2) is 18.2 Å². The summed E-state index contributed by atoms with van der Waals surface area (Å²) < 4.78 is 27.1. The molecule has 7 heteroatoms. The Kier molecular flexibility index (Phi) is 7.18. The maximum absolute atomic E-state index is 13.8. The van der Waals surface area contributed by atoms with E-state index < -0.39 is 11.8 Å². The molecule has 0 bridgehead atoms. The molecule has 0 saturated carbocycles. The maximum Gasteiger partial charge on any atom is 0.308 e. The minimum absolute atomic E-state index is 0.196. The number of halogens is 1. The van der Waals surface area contributed by atoms with E-state index in [0.717, 1.165) is 18.1 Å². The van der Waals surface area contributed by atoms with Gasteiger partial charge in [0.15, 0.2) is 11.6 Å². The number of carbonyl (C=O) groups excluding carboxylic acids is 2. The zero-order chi connectivity index (χ0) is 15.8. The fourth-order valence-corrected chi connectivity index (χ4v) is 2.04. The second kappa shape index (κ2) is 8.63. The van der Waals surface area contributed by atoms with Crippen molar-refractivity contribution in [3.05, 3.63) is 29.6 Å². The van der Waals surface area contributed by atoms with Crippen LogP contribution in [0.4, 0.5) is 4.39 Å². The molecule has 1 amide bonds. The van der Waals surface area contributed by atoms with E-state index in [4.69, 9.17) is 4.55 Å². The molecule has 5 nitrogen and oxygen atoms in total. The summed E-state index contributed by atoms with van der Waals surface area (Å²) in [5.74, 6) is -1.33. The van der Waals surface area contributed by atoms with Crippen LogP contribution in [-0.4, -0.2) is 40.2 Å². The van der Waals surface area contributed by atoms with Gasteiger partial charge in [0, 0.05) is 31.3 Å². The van der Waals surface area contributed by atoms with Crippen molar-refractivity contribution < 1.29 is 23.3 Å². The monoisotopic (exact) mass is 315 g/mol. The van der Waals surface area contributed by atoms with Crippen LogP contribution in [0.25, 0.3) is 0 Å². The molecular weight excluding hydrogens is 297 g/mol. The third-order valence-electron chi connectivity index (χ3n) is 2.77. The van der Waals surface area contributed by atoms with E-state index in [1.54, 1.807) is 4.90 Å². The van der Waals surface area contributed by atoms with Crippen molar-refractivity contribution in [2.24, 2.45) is 0 Å². The Balaban J connectivity index is 2.81. The van der Waals surface area contributed by atoms with Gasteiger partial charge >= 0.3 is 5.97 Å². The van der Waals surface area contributed by atoms with Gasteiger partial charge in [-0.05, 0) is 43.6 Å². The molecule has 0 aromatic heterocycles. The lowest BCUT2D eigenvalue weighted by molar-refractivity contribution is -0.132. The number of nitrogens with zero attached hydrogens (tertiary/aromatic N) is 1. The number of ether oxygens (including phenoxy) is 1. The number of esters is 1. The molecule has 0 atom stereocenters. The predicted octanol–water partition coefficient (Wildman–Crippen LogP) is 2.81. The predicted molar refractivity (Wildman–Crippen MR) is 79.0 cm³/mol. The van der Waals surface area contributed by atoms with E-state index in [-0.39, 0.29) is 17.2 Å². The minimum atomic E-state index is -0.752.